The van der Waals surface area contributed by atoms with E-state index in [0.29, 0.717) is 26.2 Å². The van der Waals surface area contributed by atoms with Crippen LogP contribution in [0, 0.1) is 6.92 Å². The third-order valence-corrected chi connectivity index (χ3v) is 6.59. The van der Waals surface area contributed by atoms with Gasteiger partial charge in [0.05, 0.1) is 6.54 Å². The van der Waals surface area contributed by atoms with Gasteiger partial charge in [-0.1, -0.05) is 48.5 Å². The van der Waals surface area contributed by atoms with Gasteiger partial charge in [0.15, 0.2) is 0 Å². The first kappa shape index (κ1) is 20.4. The normalized spacial score (nSPS) is 16.0. The van der Waals surface area contributed by atoms with E-state index in [1.54, 1.807) is 4.90 Å². The number of H-pyrrole nitrogens is 1. The fourth-order valence-electron chi connectivity index (χ4n) is 4.85. The van der Waals surface area contributed by atoms with Gasteiger partial charge >= 0.3 is 6.03 Å². The number of fused-ring (bicyclic) bond motifs is 2. The van der Waals surface area contributed by atoms with Gasteiger partial charge in [0.25, 0.3) is 0 Å². The molecule has 0 fully saturated rings. The van der Waals surface area contributed by atoms with Crippen molar-refractivity contribution in [2.45, 2.75) is 26.3 Å². The van der Waals surface area contributed by atoms with Crippen LogP contribution in [0.5, 0.6) is 0 Å². The van der Waals surface area contributed by atoms with Crippen LogP contribution in [0.2, 0.25) is 0 Å². The lowest BCUT2D eigenvalue weighted by atomic mass is 9.97. The fourth-order valence-corrected chi connectivity index (χ4v) is 4.85. The number of carbonyl (C=O) groups excluding carboxylic acids is 2. The molecule has 0 bridgehead atoms. The van der Waals surface area contributed by atoms with Crippen LogP contribution in [0.15, 0.2) is 54.6 Å². The number of aryl methyl sites for hydroxylation is 1. The Balaban J connectivity index is 1.18. The number of nitrogens with one attached hydrogen (secondary N) is 2. The number of hydrogen-bond acceptors (Lipinski definition) is 2. The second-order valence-electron chi connectivity index (χ2n) is 8.59. The number of hydrogen-bond donors (Lipinski definition) is 2. The van der Waals surface area contributed by atoms with Gasteiger partial charge in [-0.3, -0.25) is 4.79 Å². The highest BCUT2D eigenvalue weighted by molar-refractivity contribution is 5.94. The van der Waals surface area contributed by atoms with E-state index < -0.39 is 0 Å². The first-order chi connectivity index (χ1) is 15.6. The molecule has 6 heteroatoms. The number of carbonyl (C=O) groups is 2. The van der Waals surface area contributed by atoms with Crippen molar-refractivity contribution in [3.05, 3.63) is 77.0 Å². The summed E-state index contributed by atoms with van der Waals surface area (Å²) in [5, 5.41) is 4.05. The van der Waals surface area contributed by atoms with Gasteiger partial charge in [0, 0.05) is 48.3 Å². The second-order valence-corrected chi connectivity index (χ2v) is 8.59. The minimum atomic E-state index is -0.179. The van der Waals surface area contributed by atoms with Crippen LogP contribution in [-0.4, -0.2) is 52.9 Å². The predicted molar refractivity (Wildman–Crippen MR) is 126 cm³/mol. The molecule has 2 aliphatic heterocycles. The molecule has 5 rings (SSSR count). The summed E-state index contributed by atoms with van der Waals surface area (Å²) in [5.41, 5.74) is 7.32. The van der Waals surface area contributed by atoms with Crippen LogP contribution in [-0.2, 0) is 17.8 Å². The molecule has 3 heterocycles. The minimum absolute atomic E-state index is 0.0319. The topological polar surface area (TPSA) is 68.4 Å². The molecule has 3 aromatic rings. The van der Waals surface area contributed by atoms with Gasteiger partial charge in [-0.05, 0) is 42.5 Å². The van der Waals surface area contributed by atoms with Crippen molar-refractivity contribution < 1.29 is 9.59 Å². The Bertz CT molecular complexity index is 1210. The van der Waals surface area contributed by atoms with Crippen molar-refractivity contribution in [2.75, 3.05) is 26.2 Å². The summed E-state index contributed by atoms with van der Waals surface area (Å²) in [5.74, 6) is -0.0319. The Morgan fingerprint density at radius 2 is 1.72 bits per heavy atom. The first-order valence-electron chi connectivity index (χ1n) is 11.2. The molecule has 0 saturated heterocycles. The number of amides is 3. The van der Waals surface area contributed by atoms with Gasteiger partial charge in [-0.25, -0.2) is 4.79 Å². The fraction of sp³-hybridized carbons (Fsp3) is 0.308. The molecule has 0 radical (unpaired) electrons. The summed E-state index contributed by atoms with van der Waals surface area (Å²) in [4.78, 5) is 32.4. The maximum atomic E-state index is 12.7. The molecular formula is C26H28N4O2. The van der Waals surface area contributed by atoms with Gasteiger partial charge in [0.1, 0.15) is 0 Å². The lowest BCUT2D eigenvalue weighted by Crippen LogP contribution is -2.47. The highest BCUT2D eigenvalue weighted by atomic mass is 16.2. The van der Waals surface area contributed by atoms with Crippen LogP contribution >= 0.6 is 0 Å². The van der Waals surface area contributed by atoms with Gasteiger partial charge in [0.2, 0.25) is 5.91 Å². The lowest BCUT2D eigenvalue weighted by Gasteiger charge is -2.30. The average molecular weight is 429 g/mol. The van der Waals surface area contributed by atoms with Crippen molar-refractivity contribution in [2.24, 2.45) is 0 Å². The van der Waals surface area contributed by atoms with E-state index in [1.807, 2.05) is 23.1 Å². The number of aromatic nitrogens is 1. The maximum absolute atomic E-state index is 12.7. The number of nitrogens with zero attached hydrogens (tertiary/aromatic N) is 2. The maximum Gasteiger partial charge on any atom is 0.318 e. The monoisotopic (exact) mass is 428 g/mol. The largest absolute Gasteiger partial charge is 0.358 e. The number of urea groups is 1. The zero-order chi connectivity index (χ0) is 22.1. The first-order valence-corrected chi connectivity index (χ1v) is 11.2. The van der Waals surface area contributed by atoms with E-state index in [-0.39, 0.29) is 18.5 Å². The van der Waals surface area contributed by atoms with Gasteiger partial charge in [-0.15, -0.1) is 0 Å². The second kappa shape index (κ2) is 8.54. The molecule has 0 atom stereocenters. The Labute approximate surface area is 187 Å². The van der Waals surface area contributed by atoms with E-state index in [0.717, 1.165) is 24.1 Å². The lowest BCUT2D eigenvalue weighted by molar-refractivity contribution is -0.131. The summed E-state index contributed by atoms with van der Waals surface area (Å²) < 4.78 is 0. The predicted octanol–water partition coefficient (Wildman–Crippen LogP) is 3.86. The van der Waals surface area contributed by atoms with E-state index in [1.165, 1.54) is 27.6 Å². The Hall–Kier alpha value is -3.54. The summed E-state index contributed by atoms with van der Waals surface area (Å²) in [7, 11) is 0. The zero-order valence-corrected chi connectivity index (χ0v) is 18.4. The Morgan fingerprint density at radius 3 is 2.53 bits per heavy atom. The molecule has 6 nitrogen and oxygen atoms in total. The van der Waals surface area contributed by atoms with Crippen molar-refractivity contribution >= 4 is 28.4 Å². The molecule has 0 saturated carbocycles. The Kier molecular flexibility index (Phi) is 5.43. The van der Waals surface area contributed by atoms with Crippen molar-refractivity contribution in [3.8, 4) is 0 Å². The molecule has 32 heavy (non-hydrogen) atoms. The smallest absolute Gasteiger partial charge is 0.318 e. The van der Waals surface area contributed by atoms with Crippen molar-refractivity contribution in [1.82, 2.24) is 20.1 Å². The van der Waals surface area contributed by atoms with Gasteiger partial charge in [-0.2, -0.15) is 0 Å². The average Bonchev–Trinajstić information content (AvgIpc) is 3.17. The molecule has 0 spiro atoms. The minimum Gasteiger partial charge on any atom is -0.358 e. The van der Waals surface area contributed by atoms with Crippen LogP contribution in [0.3, 0.4) is 0 Å². The van der Waals surface area contributed by atoms with E-state index >= 15 is 0 Å². The number of aromatic amines is 1. The van der Waals surface area contributed by atoms with Crippen LogP contribution < -0.4 is 5.32 Å². The number of benzene rings is 2. The van der Waals surface area contributed by atoms with E-state index in [2.05, 4.69) is 53.6 Å². The molecule has 2 aliphatic rings. The molecule has 0 aliphatic carbocycles. The van der Waals surface area contributed by atoms with E-state index in [9.17, 15) is 9.59 Å². The Morgan fingerprint density at radius 1 is 0.969 bits per heavy atom. The highest BCUT2D eigenvalue weighted by Crippen LogP contribution is 2.32. The molecule has 0 unspecified atom stereocenters. The standard InChI is InChI=1S/C26H28N4O2/c1-18-25(22-8-4-5-9-23(22)28-18)20-11-13-29(14-12-20)26(32)27-16-24(31)30-15-10-19-6-2-3-7-21(19)17-30/h2-9,11,28H,10,12-17H2,1H3,(H,27,32). The van der Waals surface area contributed by atoms with E-state index in [4.69, 9.17) is 0 Å². The SMILES string of the molecule is Cc1[nH]c2ccccc2c1C1=CCN(C(=O)NCC(=O)N2CCc3ccccc3C2)CC1. The molecule has 164 valence electrons. The van der Waals surface area contributed by atoms with Crippen LogP contribution in [0.4, 0.5) is 4.79 Å². The quantitative estimate of drug-likeness (QED) is 0.665. The summed E-state index contributed by atoms with van der Waals surface area (Å²) in [6.07, 6.45) is 3.80. The van der Waals surface area contributed by atoms with Crippen LogP contribution in [0.1, 0.15) is 28.8 Å². The third-order valence-electron chi connectivity index (χ3n) is 6.59. The van der Waals surface area contributed by atoms with Crippen LogP contribution in [0.25, 0.3) is 16.5 Å². The third kappa shape index (κ3) is 3.88. The summed E-state index contributed by atoms with van der Waals surface area (Å²) in [6, 6.07) is 16.4. The molecule has 3 amide bonds. The summed E-state index contributed by atoms with van der Waals surface area (Å²) in [6.45, 7) is 4.64. The number of rotatable bonds is 3. The molecular weight excluding hydrogens is 400 g/mol. The zero-order valence-electron chi connectivity index (χ0n) is 18.4. The molecule has 2 N–H and O–H groups in total. The van der Waals surface area contributed by atoms with Crippen molar-refractivity contribution in [3.63, 3.8) is 0 Å². The summed E-state index contributed by atoms with van der Waals surface area (Å²) >= 11 is 0. The number of para-hydroxylation sites is 1. The molecule has 2 aromatic carbocycles. The molecule has 1 aromatic heterocycles. The van der Waals surface area contributed by atoms with Crippen molar-refractivity contribution in [1.29, 1.82) is 0 Å². The van der Waals surface area contributed by atoms with Gasteiger partial charge < -0.3 is 20.1 Å². The highest BCUT2D eigenvalue weighted by Gasteiger charge is 2.23.